The Balaban J connectivity index is 2.07. The highest BCUT2D eigenvalue weighted by molar-refractivity contribution is 7.09. The maximum Gasteiger partial charge on any atom is 0.304 e. The van der Waals surface area contributed by atoms with Gasteiger partial charge in [-0.25, -0.2) is 0 Å². The van der Waals surface area contributed by atoms with Crippen LogP contribution >= 0.6 is 11.3 Å². The Hall–Kier alpha value is -0.610. The van der Waals surface area contributed by atoms with Gasteiger partial charge in [0.15, 0.2) is 0 Å². The molecule has 1 saturated heterocycles. The molecule has 4 heteroatoms. The Morgan fingerprint density at radius 2 is 2.33 bits per heavy atom. The second kappa shape index (κ2) is 4.49. The molecule has 0 amide bonds. The van der Waals surface area contributed by atoms with Gasteiger partial charge in [0, 0.05) is 23.2 Å². The smallest absolute Gasteiger partial charge is 0.304 e. The van der Waals surface area contributed by atoms with E-state index in [0.29, 0.717) is 6.04 Å². The van der Waals surface area contributed by atoms with Gasteiger partial charge in [-0.15, -0.1) is 0 Å². The Labute approximate surface area is 94.1 Å². The van der Waals surface area contributed by atoms with E-state index in [1.54, 1.807) is 0 Å². The molecule has 1 fully saturated rings. The predicted octanol–water partition coefficient (Wildman–Crippen LogP) is 2.12. The van der Waals surface area contributed by atoms with E-state index in [0.717, 1.165) is 12.2 Å². The first-order valence-corrected chi connectivity index (χ1v) is 6.41. The first kappa shape index (κ1) is 10.9. The van der Waals surface area contributed by atoms with Crippen molar-refractivity contribution in [3.05, 3.63) is 20.2 Å². The highest BCUT2D eigenvalue weighted by atomic mass is 32.1. The second-order valence-corrected chi connectivity index (χ2v) is 5.45. The number of nitrogens with zero attached hydrogens (tertiary/aromatic N) is 1. The van der Waals surface area contributed by atoms with Crippen LogP contribution in [0.1, 0.15) is 36.8 Å². The summed E-state index contributed by atoms with van der Waals surface area (Å²) in [6.07, 6.45) is 3.93. The van der Waals surface area contributed by atoms with Crippen LogP contribution in [0.5, 0.6) is 0 Å². The van der Waals surface area contributed by atoms with Crippen molar-refractivity contribution >= 4 is 11.3 Å². The van der Waals surface area contributed by atoms with Crippen molar-refractivity contribution in [3.63, 3.8) is 0 Å². The molecule has 2 rings (SSSR count). The lowest BCUT2D eigenvalue weighted by Crippen LogP contribution is -2.36. The molecule has 2 heterocycles. The summed E-state index contributed by atoms with van der Waals surface area (Å²) in [6, 6.07) is 0.662. The van der Waals surface area contributed by atoms with Gasteiger partial charge in [-0.05, 0) is 33.2 Å². The third kappa shape index (κ3) is 2.49. The van der Waals surface area contributed by atoms with Gasteiger partial charge in [-0.2, -0.15) is 0 Å². The molecule has 0 bridgehead atoms. The molecule has 1 aliphatic rings. The first-order chi connectivity index (χ1) is 7.16. The van der Waals surface area contributed by atoms with Crippen LogP contribution in [0.25, 0.3) is 0 Å². The van der Waals surface area contributed by atoms with Gasteiger partial charge in [-0.1, -0.05) is 17.8 Å². The van der Waals surface area contributed by atoms with E-state index in [1.165, 1.54) is 42.0 Å². The normalized spacial score (nSPS) is 23.2. The van der Waals surface area contributed by atoms with Crippen molar-refractivity contribution in [2.45, 2.75) is 45.7 Å². The van der Waals surface area contributed by atoms with Gasteiger partial charge in [0.25, 0.3) is 0 Å². The lowest BCUT2D eigenvalue weighted by molar-refractivity contribution is 0.153. The average molecular weight is 226 g/mol. The minimum atomic E-state index is 0.0761. The predicted molar refractivity (Wildman–Crippen MR) is 63.4 cm³/mol. The minimum absolute atomic E-state index is 0.0761. The van der Waals surface area contributed by atoms with Crippen molar-refractivity contribution < 1.29 is 0 Å². The molecule has 1 aromatic rings. The third-order valence-electron chi connectivity index (χ3n) is 3.21. The van der Waals surface area contributed by atoms with Gasteiger partial charge in [0.1, 0.15) is 0 Å². The molecule has 15 heavy (non-hydrogen) atoms. The van der Waals surface area contributed by atoms with E-state index >= 15 is 0 Å². The van der Waals surface area contributed by atoms with Crippen LogP contribution in [0, 0.1) is 6.92 Å². The van der Waals surface area contributed by atoms with Gasteiger partial charge >= 0.3 is 4.87 Å². The second-order valence-electron chi connectivity index (χ2n) is 4.38. The molecule has 1 unspecified atom stereocenters. The zero-order valence-corrected chi connectivity index (χ0v) is 10.2. The maximum absolute atomic E-state index is 11.2. The van der Waals surface area contributed by atoms with Crippen molar-refractivity contribution in [1.29, 1.82) is 0 Å². The number of aromatic amines is 1. The SMILES string of the molecule is Cc1[nH]c(=O)sc1CN1CCCCC1C. The standard InChI is InChI=1S/C11H18N2OS/c1-8-5-3-4-6-13(8)7-10-9(2)12-11(14)15-10/h8H,3-7H2,1-2H3,(H,12,14). The molecule has 1 aromatic heterocycles. The number of likely N-dealkylation sites (tertiary alicyclic amines) is 1. The Morgan fingerprint density at radius 3 is 2.93 bits per heavy atom. The van der Waals surface area contributed by atoms with Crippen molar-refractivity contribution in [2.24, 2.45) is 0 Å². The van der Waals surface area contributed by atoms with Crippen LogP contribution in [0.15, 0.2) is 4.79 Å². The van der Waals surface area contributed by atoms with E-state index in [2.05, 4.69) is 16.8 Å². The largest absolute Gasteiger partial charge is 0.317 e. The summed E-state index contributed by atoms with van der Waals surface area (Å²) < 4.78 is 0. The summed E-state index contributed by atoms with van der Waals surface area (Å²) in [5.74, 6) is 0. The number of aromatic nitrogens is 1. The molecule has 3 nitrogen and oxygen atoms in total. The van der Waals surface area contributed by atoms with Crippen molar-refractivity contribution in [2.75, 3.05) is 6.54 Å². The number of rotatable bonds is 2. The summed E-state index contributed by atoms with van der Waals surface area (Å²) in [7, 11) is 0. The molecule has 1 atom stereocenters. The number of hydrogen-bond acceptors (Lipinski definition) is 3. The topological polar surface area (TPSA) is 36.1 Å². The molecular weight excluding hydrogens is 208 g/mol. The van der Waals surface area contributed by atoms with Gasteiger partial charge < -0.3 is 4.98 Å². The minimum Gasteiger partial charge on any atom is -0.317 e. The van der Waals surface area contributed by atoms with Crippen molar-refractivity contribution in [1.82, 2.24) is 9.88 Å². The van der Waals surface area contributed by atoms with Gasteiger partial charge in [0.2, 0.25) is 0 Å². The molecule has 0 aromatic carbocycles. The molecule has 0 saturated carbocycles. The number of hydrogen-bond donors (Lipinski definition) is 1. The Morgan fingerprint density at radius 1 is 1.53 bits per heavy atom. The number of nitrogens with one attached hydrogen (secondary N) is 1. The number of piperidine rings is 1. The summed E-state index contributed by atoms with van der Waals surface area (Å²) in [6.45, 7) is 6.38. The molecule has 84 valence electrons. The first-order valence-electron chi connectivity index (χ1n) is 5.59. The molecule has 1 N–H and O–H groups in total. The average Bonchev–Trinajstić information content (AvgIpc) is 2.49. The van der Waals surface area contributed by atoms with E-state index in [1.807, 2.05) is 6.92 Å². The quantitative estimate of drug-likeness (QED) is 0.838. The van der Waals surface area contributed by atoms with Gasteiger partial charge in [-0.3, -0.25) is 9.69 Å². The molecular formula is C11H18N2OS. The monoisotopic (exact) mass is 226 g/mol. The summed E-state index contributed by atoms with van der Waals surface area (Å²) in [5.41, 5.74) is 1.04. The fraction of sp³-hybridized carbons (Fsp3) is 0.727. The zero-order valence-electron chi connectivity index (χ0n) is 9.38. The Bertz CT molecular complexity index is 382. The summed E-state index contributed by atoms with van der Waals surface area (Å²) in [4.78, 5) is 17.8. The highest BCUT2D eigenvalue weighted by Gasteiger charge is 2.19. The van der Waals surface area contributed by atoms with E-state index in [-0.39, 0.29) is 4.87 Å². The molecule has 0 aliphatic carbocycles. The molecule has 0 spiro atoms. The van der Waals surface area contributed by atoms with E-state index in [9.17, 15) is 4.79 Å². The van der Waals surface area contributed by atoms with Crippen LogP contribution in [0.2, 0.25) is 0 Å². The van der Waals surface area contributed by atoms with Gasteiger partial charge in [0.05, 0.1) is 0 Å². The highest BCUT2D eigenvalue weighted by Crippen LogP contribution is 2.20. The maximum atomic E-state index is 11.2. The fourth-order valence-electron chi connectivity index (χ4n) is 2.16. The lowest BCUT2D eigenvalue weighted by Gasteiger charge is -2.32. The van der Waals surface area contributed by atoms with Crippen LogP contribution < -0.4 is 4.87 Å². The molecule has 0 radical (unpaired) electrons. The summed E-state index contributed by atoms with van der Waals surface area (Å²) in [5, 5.41) is 0. The number of thiazole rings is 1. The van der Waals surface area contributed by atoms with E-state index in [4.69, 9.17) is 0 Å². The number of aryl methyl sites for hydroxylation is 1. The van der Waals surface area contributed by atoms with Crippen LogP contribution in [-0.4, -0.2) is 22.5 Å². The van der Waals surface area contributed by atoms with E-state index < -0.39 is 0 Å². The summed E-state index contributed by atoms with van der Waals surface area (Å²) >= 11 is 1.36. The molecule has 1 aliphatic heterocycles. The van der Waals surface area contributed by atoms with Crippen molar-refractivity contribution in [3.8, 4) is 0 Å². The fourth-order valence-corrected chi connectivity index (χ4v) is 3.03. The van der Waals surface area contributed by atoms with Crippen LogP contribution in [0.4, 0.5) is 0 Å². The zero-order chi connectivity index (χ0) is 10.8. The van der Waals surface area contributed by atoms with Crippen LogP contribution in [0.3, 0.4) is 0 Å². The van der Waals surface area contributed by atoms with Crippen LogP contribution in [-0.2, 0) is 6.54 Å². The lowest BCUT2D eigenvalue weighted by atomic mass is 10.0. The Kier molecular flexibility index (Phi) is 3.26. The third-order valence-corrected chi connectivity index (χ3v) is 4.18. The number of H-pyrrole nitrogens is 1.